The van der Waals surface area contributed by atoms with E-state index in [0.717, 1.165) is 31.6 Å². The van der Waals surface area contributed by atoms with Gasteiger partial charge in [0.15, 0.2) is 0 Å². The summed E-state index contributed by atoms with van der Waals surface area (Å²) in [6, 6.07) is 11.4. The van der Waals surface area contributed by atoms with Crippen molar-refractivity contribution < 1.29 is 15.6 Å². The summed E-state index contributed by atoms with van der Waals surface area (Å²) in [4.78, 5) is 0. The largest absolute Gasteiger partial charge is 0.507 e. The molecule has 0 aliphatic rings. The van der Waals surface area contributed by atoms with Gasteiger partial charge in [-0.15, -0.1) is 0 Å². The Morgan fingerprint density at radius 2 is 1.84 bits per heavy atom. The molecule has 2 aromatic carbocycles. The molecule has 0 bridgehead atoms. The van der Waals surface area contributed by atoms with E-state index >= 15 is 0 Å². The van der Waals surface area contributed by atoms with Gasteiger partial charge in [0, 0.05) is 6.42 Å². The number of hydrogen-bond acceptors (Lipinski definition) is 2. The van der Waals surface area contributed by atoms with Crippen LogP contribution < -0.4 is 10.5 Å². The Bertz CT molecular complexity index is 588. The standard InChI is InChI=1S/C14H13I2NO2/c15-11-8-10(2-3-13(11)18)19-14-4-1-9(5-6-17)7-12(14)16/h1-4,7-8,18H,5-6,17H2/p+1. The van der Waals surface area contributed by atoms with E-state index in [9.17, 15) is 5.11 Å². The van der Waals surface area contributed by atoms with Crippen molar-refractivity contribution in [1.29, 1.82) is 0 Å². The summed E-state index contributed by atoms with van der Waals surface area (Å²) in [7, 11) is 0. The van der Waals surface area contributed by atoms with Gasteiger partial charge in [0.2, 0.25) is 0 Å². The zero-order valence-corrected chi connectivity index (χ0v) is 14.5. The van der Waals surface area contributed by atoms with E-state index in [0.29, 0.717) is 0 Å². The molecule has 5 heteroatoms. The highest BCUT2D eigenvalue weighted by Crippen LogP contribution is 2.31. The van der Waals surface area contributed by atoms with Crippen LogP contribution in [0.2, 0.25) is 0 Å². The predicted octanol–water partition coefficient (Wildman–Crippen LogP) is 3.18. The third-order valence-corrected chi connectivity index (χ3v) is 4.32. The minimum Gasteiger partial charge on any atom is -0.507 e. The molecule has 0 saturated carbocycles. The van der Waals surface area contributed by atoms with Crippen LogP contribution in [0.1, 0.15) is 5.56 Å². The summed E-state index contributed by atoms with van der Waals surface area (Å²) in [6.07, 6.45) is 0.980. The second-order valence-electron chi connectivity index (χ2n) is 4.08. The average Bonchev–Trinajstić information content (AvgIpc) is 2.37. The van der Waals surface area contributed by atoms with Gasteiger partial charge in [-0.2, -0.15) is 0 Å². The summed E-state index contributed by atoms with van der Waals surface area (Å²) in [5, 5.41) is 9.49. The Hall–Kier alpha value is -0.540. The second kappa shape index (κ2) is 6.76. The Balaban J connectivity index is 2.20. The molecule has 0 heterocycles. The highest BCUT2D eigenvalue weighted by atomic mass is 127. The molecule has 0 aliphatic carbocycles. The number of ether oxygens (including phenoxy) is 1. The van der Waals surface area contributed by atoms with E-state index in [1.54, 1.807) is 12.1 Å². The molecule has 0 aromatic heterocycles. The number of phenolic OH excluding ortho intramolecular Hbond substituents is 1. The van der Waals surface area contributed by atoms with Crippen molar-refractivity contribution in [1.82, 2.24) is 0 Å². The third kappa shape index (κ3) is 3.96. The number of halogens is 2. The molecule has 0 aliphatic heterocycles. The van der Waals surface area contributed by atoms with Gasteiger partial charge < -0.3 is 15.6 Å². The van der Waals surface area contributed by atoms with Crippen LogP contribution in [-0.4, -0.2) is 11.7 Å². The number of hydrogen-bond donors (Lipinski definition) is 2. The fraction of sp³-hybridized carbons (Fsp3) is 0.143. The molecule has 0 unspecified atom stereocenters. The van der Waals surface area contributed by atoms with E-state index in [-0.39, 0.29) is 5.75 Å². The first-order valence-electron chi connectivity index (χ1n) is 5.84. The molecule has 3 nitrogen and oxygen atoms in total. The van der Waals surface area contributed by atoms with E-state index in [1.807, 2.05) is 12.1 Å². The summed E-state index contributed by atoms with van der Waals surface area (Å²) in [6.45, 7) is 0.895. The third-order valence-electron chi connectivity index (χ3n) is 2.61. The average molecular weight is 482 g/mol. The zero-order chi connectivity index (χ0) is 13.8. The molecular weight excluding hydrogens is 468 g/mol. The predicted molar refractivity (Wildman–Crippen MR) is 91.5 cm³/mol. The lowest BCUT2D eigenvalue weighted by Crippen LogP contribution is -2.51. The molecule has 19 heavy (non-hydrogen) atoms. The van der Waals surface area contributed by atoms with E-state index in [1.165, 1.54) is 5.56 Å². The fourth-order valence-corrected chi connectivity index (χ4v) is 2.84. The summed E-state index contributed by atoms with van der Waals surface area (Å²) in [5.41, 5.74) is 5.13. The number of aromatic hydroxyl groups is 1. The molecule has 100 valence electrons. The quantitative estimate of drug-likeness (QED) is 0.659. The normalized spacial score (nSPS) is 10.5. The summed E-state index contributed by atoms with van der Waals surface area (Å²) < 4.78 is 7.69. The molecule has 0 radical (unpaired) electrons. The van der Waals surface area contributed by atoms with Gasteiger partial charge >= 0.3 is 0 Å². The van der Waals surface area contributed by atoms with Crippen molar-refractivity contribution in [3.05, 3.63) is 49.1 Å². The smallest absolute Gasteiger partial charge is 0.140 e. The molecule has 0 atom stereocenters. The van der Waals surface area contributed by atoms with Gasteiger partial charge in [-0.3, -0.25) is 0 Å². The Morgan fingerprint density at radius 1 is 1.05 bits per heavy atom. The molecule has 4 N–H and O–H groups in total. The minimum absolute atomic E-state index is 0.272. The summed E-state index contributed by atoms with van der Waals surface area (Å²) in [5.74, 6) is 1.83. The lowest BCUT2D eigenvalue weighted by molar-refractivity contribution is -0.366. The number of phenols is 1. The van der Waals surface area contributed by atoms with Crippen LogP contribution in [0.25, 0.3) is 0 Å². The molecule has 2 rings (SSSR count). The topological polar surface area (TPSA) is 57.1 Å². The van der Waals surface area contributed by atoms with Gasteiger partial charge in [-0.1, -0.05) is 6.07 Å². The number of quaternary nitrogens is 1. The van der Waals surface area contributed by atoms with Crippen molar-refractivity contribution in [3.8, 4) is 17.2 Å². The monoisotopic (exact) mass is 482 g/mol. The van der Waals surface area contributed by atoms with Crippen molar-refractivity contribution in [2.24, 2.45) is 0 Å². The first kappa shape index (κ1) is 14.9. The second-order valence-corrected chi connectivity index (χ2v) is 6.41. The van der Waals surface area contributed by atoms with Crippen LogP contribution in [0.5, 0.6) is 17.2 Å². The number of benzene rings is 2. The molecule has 0 fully saturated rings. The van der Waals surface area contributed by atoms with Gasteiger partial charge in [-0.05, 0) is 81.1 Å². The van der Waals surface area contributed by atoms with Gasteiger partial charge in [-0.25, -0.2) is 0 Å². The summed E-state index contributed by atoms with van der Waals surface area (Å²) >= 11 is 4.35. The molecule has 0 saturated heterocycles. The van der Waals surface area contributed by atoms with Gasteiger partial charge in [0.1, 0.15) is 17.2 Å². The highest BCUT2D eigenvalue weighted by Gasteiger charge is 2.06. The van der Waals surface area contributed by atoms with E-state index in [2.05, 4.69) is 63.0 Å². The van der Waals surface area contributed by atoms with E-state index in [4.69, 9.17) is 4.74 Å². The van der Waals surface area contributed by atoms with Crippen LogP contribution in [0, 0.1) is 7.14 Å². The molecule has 2 aromatic rings. The van der Waals surface area contributed by atoms with Crippen LogP contribution in [-0.2, 0) is 6.42 Å². The van der Waals surface area contributed by atoms with Crippen molar-refractivity contribution in [3.63, 3.8) is 0 Å². The van der Waals surface area contributed by atoms with Crippen LogP contribution in [0.15, 0.2) is 36.4 Å². The maximum absolute atomic E-state index is 9.49. The first-order valence-corrected chi connectivity index (χ1v) is 8.00. The molecule has 0 spiro atoms. The maximum Gasteiger partial charge on any atom is 0.140 e. The Morgan fingerprint density at radius 3 is 2.47 bits per heavy atom. The van der Waals surface area contributed by atoms with E-state index < -0.39 is 0 Å². The molecule has 0 amide bonds. The van der Waals surface area contributed by atoms with Crippen molar-refractivity contribution in [2.45, 2.75) is 6.42 Å². The minimum atomic E-state index is 0.272. The lowest BCUT2D eigenvalue weighted by atomic mass is 10.1. The van der Waals surface area contributed by atoms with Crippen LogP contribution in [0.3, 0.4) is 0 Å². The van der Waals surface area contributed by atoms with Gasteiger partial charge in [0.05, 0.1) is 13.7 Å². The number of rotatable bonds is 4. The van der Waals surface area contributed by atoms with Crippen LogP contribution in [0.4, 0.5) is 0 Å². The first-order chi connectivity index (χ1) is 9.10. The van der Waals surface area contributed by atoms with Gasteiger partial charge in [0.25, 0.3) is 0 Å². The molecular formula is C14H14I2NO2+. The Labute approximate surface area is 139 Å². The zero-order valence-electron chi connectivity index (χ0n) is 10.2. The fourth-order valence-electron chi connectivity index (χ4n) is 1.66. The van der Waals surface area contributed by atoms with Crippen molar-refractivity contribution in [2.75, 3.05) is 6.54 Å². The van der Waals surface area contributed by atoms with Crippen molar-refractivity contribution >= 4 is 45.2 Å². The lowest BCUT2D eigenvalue weighted by Gasteiger charge is -2.10. The maximum atomic E-state index is 9.49. The SMILES string of the molecule is [NH3+]CCc1ccc(Oc2ccc(O)c(I)c2)c(I)c1. The van der Waals surface area contributed by atoms with Crippen LogP contribution >= 0.6 is 45.2 Å². The highest BCUT2D eigenvalue weighted by molar-refractivity contribution is 14.1. The Kier molecular flexibility index (Phi) is 5.28.